The Kier molecular flexibility index (Phi) is 3.62. The SMILES string of the molecule is CCn1cc(Cl)cc1C(=O)Nc1ccnnc1C. The maximum atomic E-state index is 12.1. The molecule has 0 bridgehead atoms. The van der Waals surface area contributed by atoms with Crippen LogP contribution in [-0.4, -0.2) is 20.7 Å². The Morgan fingerprint density at radius 2 is 2.33 bits per heavy atom. The van der Waals surface area contributed by atoms with Gasteiger partial charge in [-0.15, -0.1) is 0 Å². The van der Waals surface area contributed by atoms with Gasteiger partial charge in [0.1, 0.15) is 5.69 Å². The summed E-state index contributed by atoms with van der Waals surface area (Å²) in [7, 11) is 0. The van der Waals surface area contributed by atoms with Gasteiger partial charge < -0.3 is 9.88 Å². The van der Waals surface area contributed by atoms with Crippen molar-refractivity contribution in [2.75, 3.05) is 5.32 Å². The van der Waals surface area contributed by atoms with Crippen LogP contribution in [0.15, 0.2) is 24.5 Å². The van der Waals surface area contributed by atoms with Crippen molar-refractivity contribution >= 4 is 23.2 Å². The Balaban J connectivity index is 2.25. The van der Waals surface area contributed by atoms with Gasteiger partial charge in [-0.05, 0) is 26.0 Å². The lowest BCUT2D eigenvalue weighted by molar-refractivity contribution is 0.101. The summed E-state index contributed by atoms with van der Waals surface area (Å²) in [6.07, 6.45) is 3.27. The molecule has 5 nitrogen and oxygen atoms in total. The largest absolute Gasteiger partial charge is 0.342 e. The van der Waals surface area contributed by atoms with Crippen LogP contribution < -0.4 is 5.32 Å². The van der Waals surface area contributed by atoms with Gasteiger partial charge in [0.2, 0.25) is 0 Å². The van der Waals surface area contributed by atoms with Crippen molar-refractivity contribution in [3.8, 4) is 0 Å². The van der Waals surface area contributed by atoms with Crippen molar-refractivity contribution in [2.45, 2.75) is 20.4 Å². The Hall–Kier alpha value is -1.88. The molecule has 2 rings (SSSR count). The quantitative estimate of drug-likeness (QED) is 0.927. The third-order valence-electron chi connectivity index (χ3n) is 2.59. The van der Waals surface area contributed by atoms with Crippen molar-refractivity contribution in [2.24, 2.45) is 0 Å². The van der Waals surface area contributed by atoms with Crippen molar-refractivity contribution in [3.63, 3.8) is 0 Å². The van der Waals surface area contributed by atoms with Crippen molar-refractivity contribution < 1.29 is 4.79 Å². The molecular weight excluding hydrogens is 252 g/mol. The molecule has 0 aromatic carbocycles. The second-order valence-corrected chi connectivity index (χ2v) is 4.25. The van der Waals surface area contributed by atoms with Gasteiger partial charge in [0, 0.05) is 12.7 Å². The smallest absolute Gasteiger partial charge is 0.272 e. The summed E-state index contributed by atoms with van der Waals surface area (Å²) in [5, 5.41) is 11.0. The molecule has 2 heterocycles. The molecule has 0 atom stereocenters. The number of halogens is 1. The number of hydrogen-bond acceptors (Lipinski definition) is 3. The minimum Gasteiger partial charge on any atom is -0.342 e. The second kappa shape index (κ2) is 5.18. The molecular formula is C12H13ClN4O. The number of nitrogens with zero attached hydrogens (tertiary/aromatic N) is 3. The monoisotopic (exact) mass is 264 g/mol. The van der Waals surface area contributed by atoms with Crippen molar-refractivity contribution in [1.82, 2.24) is 14.8 Å². The average molecular weight is 265 g/mol. The summed E-state index contributed by atoms with van der Waals surface area (Å²) >= 11 is 5.90. The van der Waals surface area contributed by atoms with E-state index in [1.807, 2.05) is 6.92 Å². The van der Waals surface area contributed by atoms with Crippen LogP contribution in [-0.2, 0) is 6.54 Å². The molecule has 0 aliphatic heterocycles. The van der Waals surface area contributed by atoms with Gasteiger partial charge in [-0.25, -0.2) is 0 Å². The minimum absolute atomic E-state index is 0.208. The molecule has 0 aliphatic rings. The molecule has 6 heteroatoms. The van der Waals surface area contributed by atoms with Gasteiger partial charge in [-0.2, -0.15) is 10.2 Å². The number of anilines is 1. The van der Waals surface area contributed by atoms with Crippen LogP contribution in [0, 0.1) is 6.92 Å². The Morgan fingerprint density at radius 3 is 3.00 bits per heavy atom. The molecule has 1 N–H and O–H groups in total. The topological polar surface area (TPSA) is 59.8 Å². The maximum Gasteiger partial charge on any atom is 0.272 e. The molecule has 2 aromatic rings. The molecule has 0 saturated heterocycles. The highest BCUT2D eigenvalue weighted by atomic mass is 35.5. The summed E-state index contributed by atoms with van der Waals surface area (Å²) in [5.74, 6) is -0.208. The first-order chi connectivity index (χ1) is 8.61. The van der Waals surface area contributed by atoms with Gasteiger partial charge in [0.05, 0.1) is 22.6 Å². The van der Waals surface area contributed by atoms with E-state index in [-0.39, 0.29) is 5.91 Å². The van der Waals surface area contributed by atoms with E-state index >= 15 is 0 Å². The predicted octanol–water partition coefficient (Wildman–Crippen LogP) is 2.51. The highest BCUT2D eigenvalue weighted by Gasteiger charge is 2.13. The zero-order valence-corrected chi connectivity index (χ0v) is 10.9. The van der Waals surface area contributed by atoms with E-state index in [9.17, 15) is 4.79 Å². The normalized spacial score (nSPS) is 10.4. The number of rotatable bonds is 3. The van der Waals surface area contributed by atoms with Crippen LogP contribution in [0.2, 0.25) is 5.02 Å². The lowest BCUT2D eigenvalue weighted by Gasteiger charge is -2.08. The zero-order chi connectivity index (χ0) is 13.1. The summed E-state index contributed by atoms with van der Waals surface area (Å²) in [6.45, 7) is 4.42. The van der Waals surface area contributed by atoms with Crippen LogP contribution >= 0.6 is 11.6 Å². The second-order valence-electron chi connectivity index (χ2n) is 3.81. The highest BCUT2D eigenvalue weighted by molar-refractivity contribution is 6.31. The van der Waals surface area contributed by atoms with E-state index < -0.39 is 0 Å². The molecule has 94 valence electrons. The van der Waals surface area contributed by atoms with Gasteiger partial charge in [-0.3, -0.25) is 4.79 Å². The molecule has 0 saturated carbocycles. The molecule has 0 radical (unpaired) electrons. The summed E-state index contributed by atoms with van der Waals surface area (Å²) in [4.78, 5) is 12.1. The zero-order valence-electron chi connectivity index (χ0n) is 10.1. The molecule has 1 amide bonds. The highest BCUT2D eigenvalue weighted by Crippen LogP contribution is 2.17. The number of aryl methyl sites for hydroxylation is 2. The maximum absolute atomic E-state index is 12.1. The van der Waals surface area contributed by atoms with Crippen LogP contribution in [0.3, 0.4) is 0 Å². The number of carbonyl (C=O) groups is 1. The van der Waals surface area contributed by atoms with E-state index in [1.165, 1.54) is 6.20 Å². The minimum atomic E-state index is -0.208. The number of amides is 1. The first-order valence-corrected chi connectivity index (χ1v) is 5.95. The third kappa shape index (κ3) is 2.51. The van der Waals surface area contributed by atoms with Crippen LogP contribution in [0.5, 0.6) is 0 Å². The predicted molar refractivity (Wildman–Crippen MR) is 69.8 cm³/mol. The van der Waals surface area contributed by atoms with E-state index in [4.69, 9.17) is 11.6 Å². The van der Waals surface area contributed by atoms with Gasteiger partial charge >= 0.3 is 0 Å². The fourth-order valence-corrected chi connectivity index (χ4v) is 1.87. The summed E-state index contributed by atoms with van der Waals surface area (Å²) in [5.41, 5.74) is 1.85. The van der Waals surface area contributed by atoms with Crippen LogP contribution in [0.25, 0.3) is 0 Å². The van der Waals surface area contributed by atoms with Crippen molar-refractivity contribution in [1.29, 1.82) is 0 Å². The van der Waals surface area contributed by atoms with Gasteiger partial charge in [0.25, 0.3) is 5.91 Å². The molecule has 2 aromatic heterocycles. The fraction of sp³-hybridized carbons (Fsp3) is 0.250. The van der Waals surface area contributed by atoms with E-state index in [1.54, 1.807) is 29.8 Å². The fourth-order valence-electron chi connectivity index (χ4n) is 1.65. The van der Waals surface area contributed by atoms with E-state index in [2.05, 4.69) is 15.5 Å². The standard InChI is InChI=1S/C12H13ClN4O/c1-3-17-7-9(13)6-11(17)12(18)15-10-4-5-14-16-8(10)2/h4-7H,3H2,1-2H3,(H,14,15,18). The Morgan fingerprint density at radius 1 is 1.56 bits per heavy atom. The third-order valence-corrected chi connectivity index (χ3v) is 2.80. The average Bonchev–Trinajstić information content (AvgIpc) is 2.73. The number of aromatic nitrogens is 3. The Bertz CT molecular complexity index is 579. The van der Waals surface area contributed by atoms with E-state index in [0.29, 0.717) is 28.6 Å². The summed E-state index contributed by atoms with van der Waals surface area (Å²) in [6, 6.07) is 3.35. The van der Waals surface area contributed by atoms with E-state index in [0.717, 1.165) is 0 Å². The lowest BCUT2D eigenvalue weighted by atomic mass is 10.3. The molecule has 0 spiro atoms. The number of nitrogens with one attached hydrogen (secondary N) is 1. The number of hydrogen-bond donors (Lipinski definition) is 1. The van der Waals surface area contributed by atoms with Gasteiger partial charge in [-0.1, -0.05) is 11.6 Å². The summed E-state index contributed by atoms with van der Waals surface area (Å²) < 4.78 is 1.79. The van der Waals surface area contributed by atoms with Crippen LogP contribution in [0.4, 0.5) is 5.69 Å². The molecule has 0 fully saturated rings. The first kappa shape index (κ1) is 12.6. The number of carbonyl (C=O) groups excluding carboxylic acids is 1. The van der Waals surface area contributed by atoms with Crippen molar-refractivity contribution in [3.05, 3.63) is 40.9 Å². The van der Waals surface area contributed by atoms with Crippen LogP contribution in [0.1, 0.15) is 23.1 Å². The molecule has 0 aliphatic carbocycles. The lowest BCUT2D eigenvalue weighted by Crippen LogP contribution is -2.17. The first-order valence-electron chi connectivity index (χ1n) is 5.57. The molecule has 0 unspecified atom stereocenters. The van der Waals surface area contributed by atoms with Gasteiger partial charge in [0.15, 0.2) is 0 Å². The Labute approximate surface area is 110 Å². The molecule has 18 heavy (non-hydrogen) atoms.